The number of carbonyl (C=O) groups is 1. The molecule has 0 aliphatic carbocycles. The Morgan fingerprint density at radius 2 is 1.87 bits per heavy atom. The molecule has 4 nitrogen and oxygen atoms in total. The molecule has 0 unspecified atom stereocenters. The zero-order valence-corrected chi connectivity index (χ0v) is 13.1. The van der Waals surface area contributed by atoms with Gasteiger partial charge in [0.15, 0.2) is 5.78 Å². The third kappa shape index (κ3) is 3.18. The van der Waals surface area contributed by atoms with Gasteiger partial charge in [-0.3, -0.25) is 4.79 Å². The lowest BCUT2D eigenvalue weighted by atomic mass is 9.98. The summed E-state index contributed by atoms with van der Waals surface area (Å²) in [5.74, 6) is -1.26. The number of halogens is 1. The van der Waals surface area contributed by atoms with Crippen molar-refractivity contribution in [2.24, 2.45) is 0 Å². The normalized spacial score (nSPS) is 11.0. The zero-order valence-electron chi connectivity index (χ0n) is 13.1. The molecule has 0 heterocycles. The highest BCUT2D eigenvalue weighted by Gasteiger charge is 2.23. The number of hydrogen-bond donors (Lipinski definition) is 2. The third-order valence-corrected chi connectivity index (χ3v) is 3.60. The number of benzene rings is 2. The molecule has 0 fully saturated rings. The minimum atomic E-state index is -0.505. The van der Waals surface area contributed by atoms with Crippen molar-refractivity contribution in [3.63, 3.8) is 0 Å². The molecule has 2 aromatic carbocycles. The van der Waals surface area contributed by atoms with Crippen LogP contribution >= 0.6 is 0 Å². The van der Waals surface area contributed by atoms with Crippen LogP contribution < -0.4 is 4.74 Å². The Morgan fingerprint density at radius 1 is 1.17 bits per heavy atom. The van der Waals surface area contributed by atoms with E-state index in [4.69, 9.17) is 4.74 Å². The van der Waals surface area contributed by atoms with Gasteiger partial charge in [-0.15, -0.1) is 0 Å². The molecule has 0 aliphatic heterocycles. The number of allylic oxidation sites excluding steroid dienone is 1. The summed E-state index contributed by atoms with van der Waals surface area (Å²) < 4.78 is 18.3. The van der Waals surface area contributed by atoms with E-state index in [1.54, 1.807) is 13.0 Å². The Balaban J connectivity index is 2.47. The van der Waals surface area contributed by atoms with Gasteiger partial charge >= 0.3 is 0 Å². The molecule has 2 rings (SSSR count). The number of phenolic OH excluding ortho intramolecular Hbond substituents is 2. The molecule has 23 heavy (non-hydrogen) atoms. The highest BCUT2D eigenvalue weighted by molar-refractivity contribution is 6.11. The highest BCUT2D eigenvalue weighted by atomic mass is 19.1. The molecule has 0 radical (unpaired) electrons. The van der Waals surface area contributed by atoms with Gasteiger partial charge in [0, 0.05) is 11.1 Å². The van der Waals surface area contributed by atoms with Crippen molar-refractivity contribution < 1.29 is 24.1 Å². The van der Waals surface area contributed by atoms with Crippen LogP contribution in [0.4, 0.5) is 4.39 Å². The van der Waals surface area contributed by atoms with E-state index >= 15 is 0 Å². The molecule has 0 aliphatic rings. The van der Waals surface area contributed by atoms with Crippen LogP contribution in [-0.2, 0) is 0 Å². The van der Waals surface area contributed by atoms with Gasteiger partial charge in [0.25, 0.3) is 0 Å². The number of aromatic hydroxyl groups is 2. The number of hydrogen-bond acceptors (Lipinski definition) is 4. The molecule has 5 heteroatoms. The van der Waals surface area contributed by atoms with E-state index < -0.39 is 11.6 Å². The second-order valence-corrected chi connectivity index (χ2v) is 5.11. The van der Waals surface area contributed by atoms with Gasteiger partial charge in [0.1, 0.15) is 28.6 Å². The summed E-state index contributed by atoms with van der Waals surface area (Å²) in [6.07, 6.45) is 2.67. The Bertz CT molecular complexity index is 794. The molecule has 0 aromatic heterocycles. The van der Waals surface area contributed by atoms with Gasteiger partial charge in [-0.25, -0.2) is 4.39 Å². The van der Waals surface area contributed by atoms with Crippen molar-refractivity contribution >= 4 is 11.9 Å². The van der Waals surface area contributed by atoms with Crippen molar-refractivity contribution in [1.29, 1.82) is 0 Å². The van der Waals surface area contributed by atoms with E-state index in [0.717, 1.165) is 0 Å². The minimum absolute atomic E-state index is 0.0343. The maximum Gasteiger partial charge on any atom is 0.193 e. The van der Waals surface area contributed by atoms with Gasteiger partial charge in [0.05, 0.1) is 7.11 Å². The molecule has 0 saturated carbocycles. The summed E-state index contributed by atoms with van der Waals surface area (Å²) >= 11 is 0. The number of carbonyl (C=O) groups excluding carboxylic acids is 1. The predicted octanol–water partition coefficient (Wildman–Crippen LogP) is 3.76. The Morgan fingerprint density at radius 3 is 2.48 bits per heavy atom. The number of methoxy groups -OCH3 is 1. The lowest BCUT2D eigenvalue weighted by Crippen LogP contribution is -2.03. The third-order valence-electron chi connectivity index (χ3n) is 3.60. The van der Waals surface area contributed by atoms with E-state index in [0.29, 0.717) is 11.1 Å². The van der Waals surface area contributed by atoms with Crippen molar-refractivity contribution in [1.82, 2.24) is 0 Å². The van der Waals surface area contributed by atoms with Gasteiger partial charge < -0.3 is 14.9 Å². The fraction of sp³-hybridized carbons (Fsp3) is 0.167. The van der Waals surface area contributed by atoms with Crippen LogP contribution in [-0.4, -0.2) is 23.1 Å². The Labute approximate surface area is 133 Å². The van der Waals surface area contributed by atoms with E-state index in [2.05, 4.69) is 0 Å². The second kappa shape index (κ2) is 6.52. The van der Waals surface area contributed by atoms with Crippen LogP contribution in [0.5, 0.6) is 17.2 Å². The van der Waals surface area contributed by atoms with Crippen LogP contribution in [0, 0.1) is 19.7 Å². The van der Waals surface area contributed by atoms with Gasteiger partial charge in [-0.1, -0.05) is 18.2 Å². The minimum Gasteiger partial charge on any atom is -0.507 e. The average Bonchev–Trinajstić information content (AvgIpc) is 2.53. The SMILES string of the molecule is COc1c(C)c(O)c(C)c(O)c1C(=O)C=Cc1cccc(F)c1. The predicted molar refractivity (Wildman–Crippen MR) is 85.6 cm³/mol. The van der Waals surface area contributed by atoms with E-state index in [9.17, 15) is 19.4 Å². The summed E-state index contributed by atoms with van der Waals surface area (Å²) in [6, 6.07) is 5.78. The average molecular weight is 316 g/mol. The van der Waals surface area contributed by atoms with Crippen molar-refractivity contribution in [2.75, 3.05) is 7.11 Å². The molecule has 0 spiro atoms. The van der Waals surface area contributed by atoms with Crippen molar-refractivity contribution in [2.45, 2.75) is 13.8 Å². The van der Waals surface area contributed by atoms with Gasteiger partial charge in [0.2, 0.25) is 0 Å². The molecule has 0 amide bonds. The maximum absolute atomic E-state index is 13.1. The summed E-state index contributed by atoms with van der Waals surface area (Å²) in [6.45, 7) is 3.10. The molecular weight excluding hydrogens is 299 g/mol. The Kier molecular flexibility index (Phi) is 4.69. The van der Waals surface area contributed by atoms with Crippen LogP contribution in [0.2, 0.25) is 0 Å². The quantitative estimate of drug-likeness (QED) is 0.666. The van der Waals surface area contributed by atoms with Crippen LogP contribution in [0.25, 0.3) is 6.08 Å². The molecule has 0 atom stereocenters. The smallest absolute Gasteiger partial charge is 0.193 e. The number of rotatable bonds is 4. The fourth-order valence-corrected chi connectivity index (χ4v) is 2.33. The standard InChI is InChI=1S/C18H17FO4/c1-10-16(21)11(2)18(23-3)15(17(10)22)14(20)8-7-12-5-4-6-13(19)9-12/h4-9,21-22H,1-3H3. The second-order valence-electron chi connectivity index (χ2n) is 5.11. The first kappa shape index (κ1) is 16.5. The number of ketones is 1. The number of phenols is 2. The molecule has 2 aromatic rings. The van der Waals surface area contributed by atoms with Crippen LogP contribution in [0.1, 0.15) is 27.0 Å². The first-order valence-corrected chi connectivity index (χ1v) is 6.93. The summed E-state index contributed by atoms with van der Waals surface area (Å²) in [4.78, 5) is 12.4. The molecule has 2 N–H and O–H groups in total. The number of ether oxygens (including phenoxy) is 1. The van der Waals surface area contributed by atoms with Crippen molar-refractivity contribution in [3.8, 4) is 17.2 Å². The van der Waals surface area contributed by atoms with E-state index in [-0.39, 0.29) is 28.4 Å². The first-order valence-electron chi connectivity index (χ1n) is 6.93. The van der Waals surface area contributed by atoms with Crippen LogP contribution in [0.15, 0.2) is 30.3 Å². The monoisotopic (exact) mass is 316 g/mol. The molecule has 0 saturated heterocycles. The summed E-state index contributed by atoms with van der Waals surface area (Å²) in [5.41, 5.74) is 1.05. The van der Waals surface area contributed by atoms with Crippen LogP contribution in [0.3, 0.4) is 0 Å². The van der Waals surface area contributed by atoms with Crippen molar-refractivity contribution in [3.05, 3.63) is 58.4 Å². The van der Waals surface area contributed by atoms with Gasteiger partial charge in [-0.05, 0) is 37.6 Å². The van der Waals surface area contributed by atoms with Gasteiger partial charge in [-0.2, -0.15) is 0 Å². The first-order chi connectivity index (χ1) is 10.9. The van der Waals surface area contributed by atoms with E-state index in [1.807, 2.05) is 0 Å². The Hall–Kier alpha value is -2.82. The summed E-state index contributed by atoms with van der Waals surface area (Å²) in [5, 5.41) is 20.1. The lowest BCUT2D eigenvalue weighted by Gasteiger charge is -2.15. The zero-order chi connectivity index (χ0) is 17.1. The fourth-order valence-electron chi connectivity index (χ4n) is 2.33. The lowest BCUT2D eigenvalue weighted by molar-refractivity contribution is 0.104. The molecule has 0 bridgehead atoms. The maximum atomic E-state index is 13.1. The summed E-state index contributed by atoms with van der Waals surface area (Å²) in [7, 11) is 1.35. The largest absolute Gasteiger partial charge is 0.507 e. The topological polar surface area (TPSA) is 66.8 Å². The molecule has 120 valence electrons. The molecular formula is C18H17FO4. The highest BCUT2D eigenvalue weighted by Crippen LogP contribution is 2.41. The van der Waals surface area contributed by atoms with E-state index in [1.165, 1.54) is 44.4 Å².